The Morgan fingerprint density at radius 3 is 2.59 bits per heavy atom. The van der Waals surface area contributed by atoms with Crippen molar-refractivity contribution < 1.29 is 0 Å². The van der Waals surface area contributed by atoms with Crippen LogP contribution in [0.2, 0.25) is 0 Å². The quantitative estimate of drug-likeness (QED) is 0.152. The molecule has 0 bridgehead atoms. The Labute approximate surface area is 335 Å². The van der Waals surface area contributed by atoms with E-state index in [2.05, 4.69) is 179 Å². The van der Waals surface area contributed by atoms with Crippen molar-refractivity contribution in [2.75, 3.05) is 0 Å². The Morgan fingerprint density at radius 1 is 0.929 bits per heavy atom. The fourth-order valence-corrected chi connectivity index (χ4v) is 8.46. The van der Waals surface area contributed by atoms with Gasteiger partial charge in [0.05, 0.1) is 6.04 Å². The highest BCUT2D eigenvalue weighted by Gasteiger charge is 2.20. The minimum Gasteiger partial charge on any atom is -0.405 e. The molecule has 0 heterocycles. The van der Waals surface area contributed by atoms with Crippen LogP contribution in [0.5, 0.6) is 0 Å². The highest BCUT2D eigenvalue weighted by Crippen LogP contribution is 2.36. The molecule has 56 heavy (non-hydrogen) atoms. The topological polar surface area (TPSA) is 38.0 Å². The van der Waals surface area contributed by atoms with Gasteiger partial charge in [-0.3, -0.25) is 0 Å². The van der Waals surface area contributed by atoms with Crippen LogP contribution >= 0.6 is 0 Å². The number of fused-ring (bicyclic) bond motifs is 2. The van der Waals surface area contributed by atoms with Crippen LogP contribution < -0.4 is 11.1 Å². The molecular formula is C54H56N2. The maximum atomic E-state index is 5.63. The van der Waals surface area contributed by atoms with Gasteiger partial charge >= 0.3 is 0 Å². The Balaban J connectivity index is 1.24. The molecule has 0 aliphatic heterocycles. The van der Waals surface area contributed by atoms with Crippen LogP contribution in [-0.2, 0) is 6.42 Å². The van der Waals surface area contributed by atoms with Gasteiger partial charge in [0.25, 0.3) is 0 Å². The molecule has 0 radical (unpaired) electrons. The predicted octanol–water partition coefficient (Wildman–Crippen LogP) is 13.8. The highest BCUT2D eigenvalue weighted by molar-refractivity contribution is 5.94. The Morgan fingerprint density at radius 2 is 1.77 bits per heavy atom. The Hall–Kier alpha value is -5.86. The Kier molecular flexibility index (Phi) is 12.2. The largest absolute Gasteiger partial charge is 0.405 e. The zero-order valence-electron chi connectivity index (χ0n) is 33.6. The maximum Gasteiger partial charge on any atom is 0.0703 e. The second kappa shape index (κ2) is 17.7. The first-order chi connectivity index (χ1) is 27.3. The van der Waals surface area contributed by atoms with E-state index in [1.165, 1.54) is 83.1 Å². The third-order valence-corrected chi connectivity index (χ3v) is 11.7. The summed E-state index contributed by atoms with van der Waals surface area (Å²) in [6.07, 6.45) is 35.1. The molecule has 3 N–H and O–H groups in total. The predicted molar refractivity (Wildman–Crippen MR) is 245 cm³/mol. The van der Waals surface area contributed by atoms with Crippen molar-refractivity contribution >= 4 is 39.6 Å². The number of rotatable bonds is 12. The van der Waals surface area contributed by atoms with Gasteiger partial charge in [0.15, 0.2) is 0 Å². The van der Waals surface area contributed by atoms with Gasteiger partial charge in [0, 0.05) is 5.70 Å². The molecule has 4 aromatic carbocycles. The van der Waals surface area contributed by atoms with Crippen LogP contribution in [-0.4, -0.2) is 6.04 Å². The van der Waals surface area contributed by atoms with E-state index in [0.29, 0.717) is 5.92 Å². The number of allylic oxidation sites excluding steroid dienone is 12. The van der Waals surface area contributed by atoms with Crippen molar-refractivity contribution in [3.05, 3.63) is 208 Å². The first kappa shape index (κ1) is 38.4. The molecule has 0 amide bonds. The molecule has 3 aliphatic carbocycles. The average molecular weight is 733 g/mol. The van der Waals surface area contributed by atoms with E-state index in [0.717, 1.165) is 44.2 Å². The summed E-state index contributed by atoms with van der Waals surface area (Å²) < 4.78 is 0. The fraction of sp³-hybridized carbons (Fsp3) is 0.222. The van der Waals surface area contributed by atoms with Crippen LogP contribution in [0.4, 0.5) is 0 Å². The lowest BCUT2D eigenvalue weighted by atomic mass is 9.86. The van der Waals surface area contributed by atoms with Gasteiger partial charge in [-0.1, -0.05) is 147 Å². The Bertz CT molecular complexity index is 2400. The molecule has 7 rings (SSSR count). The van der Waals surface area contributed by atoms with Crippen molar-refractivity contribution in [1.82, 2.24) is 5.32 Å². The van der Waals surface area contributed by atoms with E-state index >= 15 is 0 Å². The first-order valence-electron chi connectivity index (χ1n) is 20.4. The van der Waals surface area contributed by atoms with Gasteiger partial charge in [-0.05, 0) is 167 Å². The van der Waals surface area contributed by atoms with Crippen LogP contribution in [0.25, 0.3) is 39.6 Å². The van der Waals surface area contributed by atoms with Gasteiger partial charge in [0.2, 0.25) is 0 Å². The monoisotopic (exact) mass is 732 g/mol. The maximum absolute atomic E-state index is 5.63. The minimum absolute atomic E-state index is 0.0825. The zero-order chi connectivity index (χ0) is 39.0. The summed E-state index contributed by atoms with van der Waals surface area (Å²) in [6, 6.07) is 26.8. The second-order valence-electron chi connectivity index (χ2n) is 15.5. The fourth-order valence-electron chi connectivity index (χ4n) is 8.46. The van der Waals surface area contributed by atoms with Gasteiger partial charge in [-0.15, -0.1) is 0 Å². The molecule has 0 saturated carbocycles. The van der Waals surface area contributed by atoms with Gasteiger partial charge < -0.3 is 11.1 Å². The molecule has 2 heteroatoms. The van der Waals surface area contributed by atoms with E-state index in [-0.39, 0.29) is 6.04 Å². The third-order valence-electron chi connectivity index (χ3n) is 11.7. The summed E-state index contributed by atoms with van der Waals surface area (Å²) in [7, 11) is 0. The average Bonchev–Trinajstić information content (AvgIpc) is 3.50. The SMILES string of the molecule is C=C(NC(/C=C(\C)c1ccc(C(C)C/C=C\N)cc1)C1=CC=C(c2cc3ccccc3c(C)c2/C=C\C)CC=C1)C1=CC(c2cccc3c2CCC=C3)=CCC1. The molecule has 0 spiro atoms. The van der Waals surface area contributed by atoms with Crippen molar-refractivity contribution in [3.63, 3.8) is 0 Å². The molecule has 4 aromatic rings. The molecule has 0 fully saturated rings. The molecule has 282 valence electrons. The van der Waals surface area contributed by atoms with Crippen LogP contribution in [0.15, 0.2) is 163 Å². The molecule has 2 nitrogen and oxygen atoms in total. The number of hydrogen-bond acceptors (Lipinski definition) is 2. The summed E-state index contributed by atoms with van der Waals surface area (Å²) in [5.74, 6) is 0.411. The molecular weight excluding hydrogens is 677 g/mol. The summed E-state index contributed by atoms with van der Waals surface area (Å²) in [4.78, 5) is 0. The number of benzene rings is 4. The summed E-state index contributed by atoms with van der Waals surface area (Å²) in [5.41, 5.74) is 23.5. The first-order valence-corrected chi connectivity index (χ1v) is 20.4. The minimum atomic E-state index is -0.0825. The number of aryl methyl sites for hydroxylation is 1. The van der Waals surface area contributed by atoms with Gasteiger partial charge in [0.1, 0.15) is 0 Å². The lowest BCUT2D eigenvalue weighted by Crippen LogP contribution is -2.29. The van der Waals surface area contributed by atoms with Crippen molar-refractivity contribution in [1.29, 1.82) is 0 Å². The highest BCUT2D eigenvalue weighted by atomic mass is 14.9. The van der Waals surface area contributed by atoms with Crippen molar-refractivity contribution in [3.8, 4) is 0 Å². The van der Waals surface area contributed by atoms with E-state index in [4.69, 9.17) is 5.73 Å². The van der Waals surface area contributed by atoms with Crippen molar-refractivity contribution in [2.45, 2.75) is 78.2 Å². The normalized spacial score (nSPS) is 16.9. The summed E-state index contributed by atoms with van der Waals surface area (Å²) in [6.45, 7) is 13.5. The van der Waals surface area contributed by atoms with E-state index in [9.17, 15) is 0 Å². The van der Waals surface area contributed by atoms with Crippen molar-refractivity contribution in [2.24, 2.45) is 5.73 Å². The standard InChI is InChI=1S/C54H56N2/c1-6-15-50-39(4)49-24-9-8-18-48(49)36-53(50)44-19-11-21-45(32-31-44)54(34-38(3)42-29-27-41(28-30-42)37(2)16-14-33-55)56-40(5)46-22-12-23-47(35-46)52-26-13-20-43-17-7-10-25-51(43)52/h6-9,11,13-15,17-18,20-21,23-24,26-37,54,56H,5,10,12,16,19,22,25,55H2,1-4H3/b15-6-,33-14-,38-34+. The number of nitrogens with one attached hydrogen (secondary N) is 1. The lowest BCUT2D eigenvalue weighted by molar-refractivity contribution is 0.758. The summed E-state index contributed by atoms with van der Waals surface area (Å²) >= 11 is 0. The van der Waals surface area contributed by atoms with E-state index < -0.39 is 0 Å². The third kappa shape index (κ3) is 8.51. The van der Waals surface area contributed by atoms with E-state index in [1.54, 1.807) is 6.20 Å². The smallest absolute Gasteiger partial charge is 0.0703 e. The summed E-state index contributed by atoms with van der Waals surface area (Å²) in [5, 5.41) is 6.52. The molecule has 0 saturated heterocycles. The van der Waals surface area contributed by atoms with Gasteiger partial charge in [-0.25, -0.2) is 0 Å². The second-order valence-corrected chi connectivity index (χ2v) is 15.5. The van der Waals surface area contributed by atoms with E-state index in [1.807, 2.05) is 6.08 Å². The van der Waals surface area contributed by atoms with Crippen LogP contribution in [0, 0.1) is 6.92 Å². The zero-order valence-corrected chi connectivity index (χ0v) is 33.6. The number of nitrogens with two attached hydrogens (primary N) is 1. The number of hydrogen-bond donors (Lipinski definition) is 2. The van der Waals surface area contributed by atoms with Gasteiger partial charge in [-0.2, -0.15) is 0 Å². The molecule has 3 aliphatic rings. The molecule has 0 aromatic heterocycles. The molecule has 2 atom stereocenters. The lowest BCUT2D eigenvalue weighted by Gasteiger charge is -2.25. The van der Waals surface area contributed by atoms with Crippen LogP contribution in [0.3, 0.4) is 0 Å². The molecule has 2 unspecified atom stereocenters. The van der Waals surface area contributed by atoms with Crippen LogP contribution in [0.1, 0.15) is 103 Å².